The zero-order valence-corrected chi connectivity index (χ0v) is 18.6. The van der Waals surface area contributed by atoms with Crippen LogP contribution in [0.5, 0.6) is 0 Å². The Hall–Kier alpha value is -2.00. The van der Waals surface area contributed by atoms with Crippen LogP contribution in [0.25, 0.3) is 0 Å². The van der Waals surface area contributed by atoms with Crippen molar-refractivity contribution >= 4 is 38.1 Å². The topological polar surface area (TPSA) is 92.3 Å². The molecule has 0 bridgehead atoms. The van der Waals surface area contributed by atoms with Gasteiger partial charge in [0.15, 0.2) is 0 Å². The summed E-state index contributed by atoms with van der Waals surface area (Å²) < 4.78 is 25.0. The van der Waals surface area contributed by atoms with Crippen LogP contribution in [0.4, 0.5) is 10.8 Å². The van der Waals surface area contributed by atoms with Gasteiger partial charge in [0, 0.05) is 18.5 Å². The summed E-state index contributed by atoms with van der Waals surface area (Å²) in [5.74, 6) is -0.257. The monoisotopic (exact) mass is 436 g/mol. The summed E-state index contributed by atoms with van der Waals surface area (Å²) in [5, 5.41) is 12.5. The second-order valence-electron chi connectivity index (χ2n) is 7.40. The first-order valence-corrected chi connectivity index (χ1v) is 12.8. The number of aryl methyl sites for hydroxylation is 1. The van der Waals surface area contributed by atoms with E-state index in [-0.39, 0.29) is 5.91 Å². The molecule has 0 saturated carbocycles. The van der Waals surface area contributed by atoms with Gasteiger partial charge >= 0.3 is 0 Å². The van der Waals surface area contributed by atoms with Crippen molar-refractivity contribution in [2.75, 3.05) is 22.4 Å². The molecule has 7 nitrogen and oxygen atoms in total. The van der Waals surface area contributed by atoms with Crippen molar-refractivity contribution in [3.05, 3.63) is 34.3 Å². The Morgan fingerprint density at radius 2 is 1.93 bits per heavy atom. The standard InChI is InChI=1S/C20H28N4O3S2/c1-3-4-5-6-7-8-9-18-22-23-20(28-18)21-19(25)16-10-11-17-15(14-16)12-13-24(17)29(2,26)27/h10-11,14H,3-9,12-13H2,1-2H3,(H,21,23,25). The number of nitrogens with one attached hydrogen (secondary N) is 1. The summed E-state index contributed by atoms with van der Waals surface area (Å²) >= 11 is 1.41. The van der Waals surface area contributed by atoms with E-state index in [2.05, 4.69) is 22.4 Å². The molecule has 0 atom stereocenters. The van der Waals surface area contributed by atoms with Crippen LogP contribution in [0.15, 0.2) is 18.2 Å². The van der Waals surface area contributed by atoms with Crippen molar-refractivity contribution in [3.8, 4) is 0 Å². The predicted molar refractivity (Wildman–Crippen MR) is 117 cm³/mol. The van der Waals surface area contributed by atoms with Gasteiger partial charge in [-0.2, -0.15) is 0 Å². The molecule has 29 heavy (non-hydrogen) atoms. The number of hydrogen-bond donors (Lipinski definition) is 1. The highest BCUT2D eigenvalue weighted by Crippen LogP contribution is 2.31. The van der Waals surface area contributed by atoms with Crippen LogP contribution in [0.1, 0.15) is 66.4 Å². The molecule has 1 aromatic heterocycles. The fraction of sp³-hybridized carbons (Fsp3) is 0.550. The molecule has 9 heteroatoms. The summed E-state index contributed by atoms with van der Waals surface area (Å²) in [6.45, 7) is 2.63. The molecule has 0 aliphatic carbocycles. The van der Waals surface area contributed by atoms with Crippen LogP contribution in [0.3, 0.4) is 0 Å². The van der Waals surface area contributed by atoms with Gasteiger partial charge in [-0.3, -0.25) is 14.4 Å². The van der Waals surface area contributed by atoms with Crippen LogP contribution in [0, 0.1) is 0 Å². The second kappa shape index (κ2) is 9.67. The number of rotatable bonds is 10. The van der Waals surface area contributed by atoms with Crippen molar-refractivity contribution in [1.29, 1.82) is 0 Å². The summed E-state index contributed by atoms with van der Waals surface area (Å²) in [5.41, 5.74) is 2.01. The lowest BCUT2D eigenvalue weighted by atomic mass is 10.1. The van der Waals surface area contributed by atoms with Crippen molar-refractivity contribution in [2.24, 2.45) is 0 Å². The molecule has 1 aliphatic rings. The Morgan fingerprint density at radius 3 is 2.69 bits per heavy atom. The van der Waals surface area contributed by atoms with Gasteiger partial charge < -0.3 is 0 Å². The largest absolute Gasteiger partial charge is 0.296 e. The van der Waals surface area contributed by atoms with Gasteiger partial charge in [0.1, 0.15) is 5.01 Å². The SMILES string of the molecule is CCCCCCCCc1nnc(NC(=O)c2ccc3c(c2)CCN3S(C)(=O)=O)s1. The maximum absolute atomic E-state index is 12.6. The maximum Gasteiger partial charge on any atom is 0.257 e. The molecular formula is C20H28N4O3S2. The van der Waals surface area contributed by atoms with Crippen molar-refractivity contribution in [2.45, 2.75) is 58.3 Å². The number of unbranched alkanes of at least 4 members (excludes halogenated alkanes) is 5. The van der Waals surface area contributed by atoms with E-state index in [1.807, 2.05) is 0 Å². The third-order valence-electron chi connectivity index (χ3n) is 5.03. The minimum atomic E-state index is -3.29. The van der Waals surface area contributed by atoms with E-state index in [1.54, 1.807) is 18.2 Å². The maximum atomic E-state index is 12.6. The molecule has 2 aromatic rings. The normalized spacial score (nSPS) is 13.5. The Labute approximate surface area is 176 Å². The van der Waals surface area contributed by atoms with E-state index in [9.17, 15) is 13.2 Å². The molecule has 3 rings (SSSR count). The van der Waals surface area contributed by atoms with Gasteiger partial charge in [-0.05, 0) is 36.6 Å². The summed E-state index contributed by atoms with van der Waals surface area (Å²) in [7, 11) is -3.29. The van der Waals surface area contributed by atoms with Gasteiger partial charge in [0.05, 0.1) is 11.9 Å². The van der Waals surface area contributed by atoms with Crippen LogP contribution in [-0.4, -0.2) is 37.3 Å². The first-order valence-electron chi connectivity index (χ1n) is 10.1. The van der Waals surface area contributed by atoms with E-state index in [0.717, 1.165) is 23.4 Å². The third kappa shape index (κ3) is 5.76. The lowest BCUT2D eigenvalue weighted by Crippen LogP contribution is -2.27. The van der Waals surface area contributed by atoms with Crippen LogP contribution < -0.4 is 9.62 Å². The van der Waals surface area contributed by atoms with E-state index < -0.39 is 10.0 Å². The summed E-state index contributed by atoms with van der Waals surface area (Å²) in [4.78, 5) is 12.6. The molecule has 0 fully saturated rings. The highest BCUT2D eigenvalue weighted by molar-refractivity contribution is 7.92. The van der Waals surface area contributed by atoms with E-state index in [0.29, 0.717) is 29.3 Å². The molecule has 0 unspecified atom stereocenters. The van der Waals surface area contributed by atoms with Crippen molar-refractivity contribution < 1.29 is 13.2 Å². The Balaban J connectivity index is 1.54. The van der Waals surface area contributed by atoms with Gasteiger partial charge in [-0.15, -0.1) is 10.2 Å². The highest BCUT2D eigenvalue weighted by Gasteiger charge is 2.26. The number of carbonyl (C=O) groups is 1. The molecule has 2 heterocycles. The lowest BCUT2D eigenvalue weighted by molar-refractivity contribution is 0.102. The second-order valence-corrected chi connectivity index (χ2v) is 10.4. The average Bonchev–Trinajstić information content (AvgIpc) is 3.30. The molecular weight excluding hydrogens is 408 g/mol. The third-order valence-corrected chi connectivity index (χ3v) is 7.10. The number of benzene rings is 1. The first-order chi connectivity index (χ1) is 13.9. The van der Waals surface area contributed by atoms with Crippen LogP contribution in [-0.2, 0) is 22.9 Å². The molecule has 1 aliphatic heterocycles. The molecule has 0 saturated heterocycles. The quantitative estimate of drug-likeness (QED) is 0.568. The summed E-state index contributed by atoms with van der Waals surface area (Å²) in [6, 6.07) is 5.10. The lowest BCUT2D eigenvalue weighted by Gasteiger charge is -2.16. The van der Waals surface area contributed by atoms with E-state index >= 15 is 0 Å². The summed E-state index contributed by atoms with van der Waals surface area (Å²) in [6.07, 6.45) is 10.1. The van der Waals surface area contributed by atoms with Gasteiger partial charge in [0.25, 0.3) is 5.91 Å². The zero-order valence-electron chi connectivity index (χ0n) is 17.0. The van der Waals surface area contributed by atoms with Gasteiger partial charge in [-0.1, -0.05) is 50.4 Å². The highest BCUT2D eigenvalue weighted by atomic mass is 32.2. The zero-order chi connectivity index (χ0) is 20.9. The minimum absolute atomic E-state index is 0.257. The number of amides is 1. The number of aromatic nitrogens is 2. The number of fused-ring (bicyclic) bond motifs is 1. The fourth-order valence-electron chi connectivity index (χ4n) is 3.49. The average molecular weight is 437 g/mol. The van der Waals surface area contributed by atoms with E-state index in [1.165, 1.54) is 54.0 Å². The molecule has 1 amide bonds. The van der Waals surface area contributed by atoms with Gasteiger partial charge in [-0.25, -0.2) is 8.42 Å². The van der Waals surface area contributed by atoms with Crippen LogP contribution in [0.2, 0.25) is 0 Å². The molecule has 1 aromatic carbocycles. The smallest absolute Gasteiger partial charge is 0.257 e. The van der Waals surface area contributed by atoms with E-state index in [4.69, 9.17) is 0 Å². The molecule has 0 radical (unpaired) electrons. The number of carbonyl (C=O) groups excluding carboxylic acids is 1. The number of nitrogens with zero attached hydrogens (tertiary/aromatic N) is 3. The Morgan fingerprint density at radius 1 is 1.17 bits per heavy atom. The Bertz CT molecular complexity index is 956. The molecule has 158 valence electrons. The molecule has 1 N–H and O–H groups in total. The predicted octanol–water partition coefficient (Wildman–Crippen LogP) is 4.02. The van der Waals surface area contributed by atoms with Crippen LogP contribution >= 0.6 is 11.3 Å². The first kappa shape index (κ1) is 21.7. The van der Waals surface area contributed by atoms with Crippen molar-refractivity contribution in [1.82, 2.24) is 10.2 Å². The number of anilines is 2. The van der Waals surface area contributed by atoms with Crippen molar-refractivity contribution in [3.63, 3.8) is 0 Å². The number of sulfonamides is 1. The van der Waals surface area contributed by atoms with Gasteiger partial charge in [0.2, 0.25) is 15.2 Å². The number of hydrogen-bond acceptors (Lipinski definition) is 6. The minimum Gasteiger partial charge on any atom is -0.296 e. The molecule has 0 spiro atoms. The fourth-order valence-corrected chi connectivity index (χ4v) is 5.22. The Kier molecular flexibility index (Phi) is 7.23.